The van der Waals surface area contributed by atoms with Crippen LogP contribution in [0.2, 0.25) is 0 Å². The van der Waals surface area contributed by atoms with E-state index in [1.807, 2.05) is 12.1 Å². The maximum Gasteiger partial charge on any atom is 0.192 e. The van der Waals surface area contributed by atoms with Gasteiger partial charge in [-0.15, -0.1) is 0 Å². The van der Waals surface area contributed by atoms with Crippen molar-refractivity contribution in [2.75, 3.05) is 19.6 Å². The lowest BCUT2D eigenvalue weighted by Gasteiger charge is -2.23. The van der Waals surface area contributed by atoms with Crippen LogP contribution >= 0.6 is 0 Å². The van der Waals surface area contributed by atoms with Crippen LogP contribution in [0.5, 0.6) is 0 Å². The van der Waals surface area contributed by atoms with Crippen LogP contribution in [0, 0.1) is 0 Å². The highest BCUT2D eigenvalue weighted by molar-refractivity contribution is 5.95. The van der Waals surface area contributed by atoms with Crippen LogP contribution in [0.1, 0.15) is 23.3 Å². The highest BCUT2D eigenvalue weighted by Gasteiger charge is 2.14. The van der Waals surface area contributed by atoms with Crippen molar-refractivity contribution in [1.82, 2.24) is 15.6 Å². The van der Waals surface area contributed by atoms with Crippen molar-refractivity contribution in [3.05, 3.63) is 24.0 Å². The lowest BCUT2D eigenvalue weighted by molar-refractivity contribution is 0.0981. The molecule has 0 aliphatic carbocycles. The Morgan fingerprint density at radius 3 is 3.20 bits per heavy atom. The number of hydrogen-bond acceptors (Lipinski definition) is 3. The van der Waals surface area contributed by atoms with Gasteiger partial charge in [0.1, 0.15) is 0 Å². The van der Waals surface area contributed by atoms with Crippen LogP contribution in [0.3, 0.4) is 0 Å². The van der Waals surface area contributed by atoms with Gasteiger partial charge in [0.05, 0.1) is 12.2 Å². The molecule has 82 valence electrons. The molecule has 0 bridgehead atoms. The summed E-state index contributed by atoms with van der Waals surface area (Å²) in [5.74, 6) is 0.130. The lowest BCUT2D eigenvalue weighted by atomic mass is 10.1. The Hall–Kier alpha value is -1.13. The summed E-state index contributed by atoms with van der Waals surface area (Å²) >= 11 is 0. The number of carbonyl (C=O) groups excluding carboxylic acids is 1. The van der Waals surface area contributed by atoms with E-state index in [4.69, 9.17) is 0 Å². The van der Waals surface area contributed by atoms with Gasteiger partial charge in [0.2, 0.25) is 0 Å². The van der Waals surface area contributed by atoms with Crippen molar-refractivity contribution >= 4 is 5.78 Å². The van der Waals surface area contributed by atoms with E-state index in [9.17, 15) is 4.79 Å². The SMILES string of the molecule is O=C(CN[C@H]1CCCNC1)c1ccc[nH]1. The van der Waals surface area contributed by atoms with Gasteiger partial charge in [0.15, 0.2) is 5.78 Å². The van der Waals surface area contributed by atoms with Crippen LogP contribution in [0.15, 0.2) is 18.3 Å². The summed E-state index contributed by atoms with van der Waals surface area (Å²) < 4.78 is 0. The van der Waals surface area contributed by atoms with Crippen LogP contribution in [-0.4, -0.2) is 36.4 Å². The third-order valence-electron chi connectivity index (χ3n) is 2.75. The summed E-state index contributed by atoms with van der Waals surface area (Å²) in [7, 11) is 0. The smallest absolute Gasteiger partial charge is 0.192 e. The minimum atomic E-state index is 0.130. The second kappa shape index (κ2) is 5.09. The Morgan fingerprint density at radius 2 is 2.53 bits per heavy atom. The molecule has 2 heterocycles. The molecule has 1 aliphatic rings. The van der Waals surface area contributed by atoms with Gasteiger partial charge in [0, 0.05) is 18.8 Å². The van der Waals surface area contributed by atoms with Crippen molar-refractivity contribution in [1.29, 1.82) is 0 Å². The molecule has 0 aromatic carbocycles. The van der Waals surface area contributed by atoms with E-state index >= 15 is 0 Å². The van der Waals surface area contributed by atoms with E-state index in [0.717, 1.165) is 19.5 Å². The van der Waals surface area contributed by atoms with E-state index in [1.165, 1.54) is 6.42 Å². The van der Waals surface area contributed by atoms with E-state index in [0.29, 0.717) is 18.3 Å². The molecule has 0 unspecified atom stereocenters. The van der Waals surface area contributed by atoms with Crippen LogP contribution in [0.4, 0.5) is 0 Å². The normalized spacial score (nSPS) is 21.5. The van der Waals surface area contributed by atoms with E-state index in [2.05, 4.69) is 15.6 Å². The summed E-state index contributed by atoms with van der Waals surface area (Å²) in [6, 6.07) is 4.09. The fraction of sp³-hybridized carbons (Fsp3) is 0.545. The summed E-state index contributed by atoms with van der Waals surface area (Å²) in [4.78, 5) is 14.6. The first-order valence-electron chi connectivity index (χ1n) is 5.47. The number of aromatic nitrogens is 1. The molecule has 15 heavy (non-hydrogen) atoms. The molecule has 1 saturated heterocycles. The third kappa shape index (κ3) is 2.91. The number of ketones is 1. The Morgan fingerprint density at radius 1 is 1.60 bits per heavy atom. The molecule has 2 rings (SSSR count). The van der Waals surface area contributed by atoms with E-state index < -0.39 is 0 Å². The zero-order valence-electron chi connectivity index (χ0n) is 8.75. The topological polar surface area (TPSA) is 56.9 Å². The molecule has 4 nitrogen and oxygen atoms in total. The number of carbonyl (C=O) groups is 1. The molecular formula is C11H17N3O. The van der Waals surface area contributed by atoms with Gasteiger partial charge < -0.3 is 15.6 Å². The Kier molecular flexibility index (Phi) is 3.53. The number of rotatable bonds is 4. The highest BCUT2D eigenvalue weighted by Crippen LogP contribution is 2.01. The number of piperidine rings is 1. The number of H-pyrrole nitrogens is 1. The van der Waals surface area contributed by atoms with Gasteiger partial charge in [0.25, 0.3) is 0 Å². The van der Waals surface area contributed by atoms with Gasteiger partial charge >= 0.3 is 0 Å². The summed E-state index contributed by atoms with van der Waals surface area (Å²) in [5.41, 5.74) is 0.686. The largest absolute Gasteiger partial charge is 0.359 e. The first kappa shape index (κ1) is 10.4. The van der Waals surface area contributed by atoms with Crippen LogP contribution in [-0.2, 0) is 0 Å². The molecular weight excluding hydrogens is 190 g/mol. The minimum absolute atomic E-state index is 0.130. The van der Waals surface area contributed by atoms with Gasteiger partial charge in [-0.1, -0.05) is 0 Å². The van der Waals surface area contributed by atoms with Crippen molar-refractivity contribution in [2.24, 2.45) is 0 Å². The molecule has 1 atom stereocenters. The number of nitrogens with one attached hydrogen (secondary N) is 3. The number of aromatic amines is 1. The molecule has 1 aliphatic heterocycles. The van der Waals surface area contributed by atoms with Gasteiger partial charge in [-0.3, -0.25) is 4.79 Å². The zero-order chi connectivity index (χ0) is 10.5. The van der Waals surface area contributed by atoms with Gasteiger partial charge in [-0.25, -0.2) is 0 Å². The summed E-state index contributed by atoms with van der Waals surface area (Å²) in [6.07, 6.45) is 4.12. The van der Waals surface area contributed by atoms with E-state index in [-0.39, 0.29) is 5.78 Å². The molecule has 0 spiro atoms. The van der Waals surface area contributed by atoms with Crippen molar-refractivity contribution in [3.8, 4) is 0 Å². The van der Waals surface area contributed by atoms with Crippen molar-refractivity contribution in [3.63, 3.8) is 0 Å². The van der Waals surface area contributed by atoms with Gasteiger partial charge in [-0.05, 0) is 31.5 Å². The molecule has 0 amide bonds. The Balaban J connectivity index is 1.75. The molecule has 1 aromatic heterocycles. The maximum atomic E-state index is 11.6. The van der Waals surface area contributed by atoms with Crippen LogP contribution in [0.25, 0.3) is 0 Å². The number of Topliss-reactive ketones (excluding diaryl/α,β-unsaturated/α-hetero) is 1. The second-order valence-corrected chi connectivity index (χ2v) is 3.93. The molecule has 0 radical (unpaired) electrons. The molecule has 0 saturated carbocycles. The molecule has 1 aromatic rings. The molecule has 4 heteroatoms. The predicted molar refractivity (Wildman–Crippen MR) is 59.0 cm³/mol. The maximum absolute atomic E-state index is 11.6. The minimum Gasteiger partial charge on any atom is -0.359 e. The lowest BCUT2D eigenvalue weighted by Crippen LogP contribution is -2.44. The summed E-state index contributed by atoms with van der Waals surface area (Å²) in [5, 5.41) is 6.59. The Labute approximate surface area is 89.5 Å². The predicted octanol–water partition coefficient (Wildman–Crippen LogP) is 0.539. The fourth-order valence-electron chi connectivity index (χ4n) is 1.86. The fourth-order valence-corrected chi connectivity index (χ4v) is 1.86. The van der Waals surface area contributed by atoms with Crippen molar-refractivity contribution < 1.29 is 4.79 Å². The summed E-state index contributed by atoms with van der Waals surface area (Å²) in [6.45, 7) is 2.49. The highest BCUT2D eigenvalue weighted by atomic mass is 16.1. The Bertz CT molecular complexity index is 302. The first-order chi connectivity index (χ1) is 7.36. The number of hydrogen-bond donors (Lipinski definition) is 3. The first-order valence-corrected chi connectivity index (χ1v) is 5.47. The van der Waals surface area contributed by atoms with Crippen molar-refractivity contribution in [2.45, 2.75) is 18.9 Å². The zero-order valence-corrected chi connectivity index (χ0v) is 8.75. The molecule has 3 N–H and O–H groups in total. The van der Waals surface area contributed by atoms with Gasteiger partial charge in [-0.2, -0.15) is 0 Å². The average Bonchev–Trinajstić information content (AvgIpc) is 2.81. The van der Waals surface area contributed by atoms with E-state index in [1.54, 1.807) is 6.20 Å². The third-order valence-corrected chi connectivity index (χ3v) is 2.75. The average molecular weight is 207 g/mol. The standard InChI is InChI=1S/C11H17N3O/c15-11(10-4-2-6-13-10)8-14-9-3-1-5-12-7-9/h2,4,6,9,12-14H,1,3,5,7-8H2/t9-/m0/s1. The monoisotopic (exact) mass is 207 g/mol. The quantitative estimate of drug-likeness (QED) is 0.632. The van der Waals surface area contributed by atoms with Crippen LogP contribution < -0.4 is 10.6 Å². The second-order valence-electron chi connectivity index (χ2n) is 3.93. The molecule has 1 fully saturated rings.